The summed E-state index contributed by atoms with van der Waals surface area (Å²) >= 11 is 0. The number of carboxylic acid groups (broad SMARTS) is 1. The first-order chi connectivity index (χ1) is 9.12. The number of carbonyl (C=O) groups is 1. The number of likely N-dealkylation sites (tertiary alicyclic amines) is 1. The highest BCUT2D eigenvalue weighted by molar-refractivity contribution is 5.65. The lowest BCUT2D eigenvalue weighted by atomic mass is 9.89. The molecule has 7 nitrogen and oxygen atoms in total. The monoisotopic (exact) mass is 265 g/mol. The van der Waals surface area contributed by atoms with E-state index in [1.54, 1.807) is 4.57 Å². The minimum Gasteiger partial charge on any atom is -0.465 e. The highest BCUT2D eigenvalue weighted by atomic mass is 16.5. The first-order valence-electron chi connectivity index (χ1n) is 6.31. The van der Waals surface area contributed by atoms with E-state index in [-0.39, 0.29) is 5.56 Å². The van der Waals surface area contributed by atoms with E-state index in [9.17, 15) is 9.59 Å². The summed E-state index contributed by atoms with van der Waals surface area (Å²) in [6.07, 6.45) is 1.66. The molecule has 1 amide bonds. The number of hydrogen-bond acceptors (Lipinski definition) is 4. The molecule has 102 valence electrons. The predicted octanol–water partition coefficient (Wildman–Crippen LogP) is 0.243. The fraction of sp³-hybridized carbons (Fsp3) is 0.583. The summed E-state index contributed by atoms with van der Waals surface area (Å²) < 4.78 is 7.51. The molecule has 7 heteroatoms. The van der Waals surface area contributed by atoms with Gasteiger partial charge in [-0.3, -0.25) is 9.36 Å². The van der Waals surface area contributed by atoms with E-state index in [1.807, 2.05) is 0 Å². The maximum atomic E-state index is 11.8. The van der Waals surface area contributed by atoms with E-state index >= 15 is 0 Å². The van der Waals surface area contributed by atoms with Crippen LogP contribution in [0.5, 0.6) is 0 Å². The lowest BCUT2D eigenvalue weighted by molar-refractivity contribution is -0.114. The molecule has 0 saturated carbocycles. The standard InChI is InChI=1S/C12H15N3O4/c16-9-1-4-13-10-12(19-8-7-15(9)10)2-5-14(6-3-12)11(17)18/h1,4H,2-3,5-8H2,(H,17,18). The van der Waals surface area contributed by atoms with Crippen LogP contribution >= 0.6 is 0 Å². The van der Waals surface area contributed by atoms with E-state index in [2.05, 4.69) is 4.98 Å². The van der Waals surface area contributed by atoms with Crippen LogP contribution in [0.25, 0.3) is 0 Å². The summed E-state index contributed by atoms with van der Waals surface area (Å²) in [4.78, 5) is 28.4. The van der Waals surface area contributed by atoms with Gasteiger partial charge in [0.15, 0.2) is 0 Å². The topological polar surface area (TPSA) is 84.7 Å². The number of fused-ring (bicyclic) bond motifs is 2. The van der Waals surface area contributed by atoms with Crippen LogP contribution in [-0.4, -0.2) is 45.3 Å². The fourth-order valence-corrected chi connectivity index (χ4v) is 2.84. The Bertz CT molecular complexity index is 560. The van der Waals surface area contributed by atoms with Crippen LogP contribution in [0.4, 0.5) is 4.79 Å². The van der Waals surface area contributed by atoms with E-state index in [4.69, 9.17) is 9.84 Å². The van der Waals surface area contributed by atoms with Gasteiger partial charge in [0.1, 0.15) is 11.4 Å². The normalized spacial score (nSPS) is 21.2. The summed E-state index contributed by atoms with van der Waals surface area (Å²) in [5.74, 6) is 0.635. The molecule has 0 unspecified atom stereocenters. The van der Waals surface area contributed by atoms with Crippen molar-refractivity contribution in [3.05, 3.63) is 28.4 Å². The van der Waals surface area contributed by atoms with Gasteiger partial charge in [-0.1, -0.05) is 0 Å². The van der Waals surface area contributed by atoms with Gasteiger partial charge in [0, 0.05) is 38.2 Å². The summed E-state index contributed by atoms with van der Waals surface area (Å²) in [7, 11) is 0. The zero-order valence-corrected chi connectivity index (χ0v) is 10.4. The second-order valence-corrected chi connectivity index (χ2v) is 4.87. The van der Waals surface area contributed by atoms with Gasteiger partial charge >= 0.3 is 6.09 Å². The molecule has 1 aromatic rings. The van der Waals surface area contributed by atoms with Crippen LogP contribution in [0.3, 0.4) is 0 Å². The van der Waals surface area contributed by atoms with Gasteiger partial charge in [0.05, 0.1) is 13.2 Å². The van der Waals surface area contributed by atoms with Crippen LogP contribution in [0.2, 0.25) is 0 Å². The van der Waals surface area contributed by atoms with Gasteiger partial charge in [-0.05, 0) is 0 Å². The Hall–Kier alpha value is -1.89. The number of rotatable bonds is 0. The number of amides is 1. The molecule has 1 aromatic heterocycles. The number of nitrogens with zero attached hydrogens (tertiary/aromatic N) is 3. The third kappa shape index (κ3) is 1.90. The smallest absolute Gasteiger partial charge is 0.407 e. The second-order valence-electron chi connectivity index (χ2n) is 4.87. The molecule has 19 heavy (non-hydrogen) atoms. The molecule has 2 aliphatic heterocycles. The van der Waals surface area contributed by atoms with E-state index in [0.29, 0.717) is 44.9 Å². The Balaban J connectivity index is 1.94. The molecule has 0 aliphatic carbocycles. The van der Waals surface area contributed by atoms with Crippen molar-refractivity contribution in [1.82, 2.24) is 14.5 Å². The van der Waals surface area contributed by atoms with Crippen molar-refractivity contribution in [3.8, 4) is 0 Å². The summed E-state index contributed by atoms with van der Waals surface area (Å²) in [6, 6.07) is 1.44. The second kappa shape index (κ2) is 4.34. The highest BCUT2D eigenvalue weighted by Gasteiger charge is 2.43. The van der Waals surface area contributed by atoms with Crippen molar-refractivity contribution in [2.45, 2.75) is 25.0 Å². The van der Waals surface area contributed by atoms with Gasteiger partial charge in [-0.15, -0.1) is 0 Å². The van der Waals surface area contributed by atoms with Crippen LogP contribution < -0.4 is 5.56 Å². The molecule has 1 saturated heterocycles. The fourth-order valence-electron chi connectivity index (χ4n) is 2.84. The molecule has 0 atom stereocenters. The summed E-state index contributed by atoms with van der Waals surface area (Å²) in [6.45, 7) is 1.78. The molecule has 0 bridgehead atoms. The average molecular weight is 265 g/mol. The largest absolute Gasteiger partial charge is 0.465 e. The quantitative estimate of drug-likeness (QED) is 0.726. The molecule has 2 aliphatic rings. The lowest BCUT2D eigenvalue weighted by Crippen LogP contribution is -2.51. The maximum absolute atomic E-state index is 11.8. The number of hydrogen-bond donors (Lipinski definition) is 1. The lowest BCUT2D eigenvalue weighted by Gasteiger charge is -2.43. The Kier molecular flexibility index (Phi) is 2.78. The van der Waals surface area contributed by atoms with Crippen molar-refractivity contribution >= 4 is 6.09 Å². The highest BCUT2D eigenvalue weighted by Crippen LogP contribution is 2.37. The van der Waals surface area contributed by atoms with Crippen LogP contribution in [0.1, 0.15) is 18.7 Å². The van der Waals surface area contributed by atoms with Crippen molar-refractivity contribution in [1.29, 1.82) is 0 Å². The van der Waals surface area contributed by atoms with Gasteiger partial charge < -0.3 is 14.7 Å². The zero-order chi connectivity index (χ0) is 13.5. The van der Waals surface area contributed by atoms with Crippen LogP contribution in [0.15, 0.2) is 17.1 Å². The third-order valence-electron chi connectivity index (χ3n) is 3.88. The van der Waals surface area contributed by atoms with Crippen LogP contribution in [0, 0.1) is 0 Å². The molecule has 3 heterocycles. The Morgan fingerprint density at radius 3 is 2.79 bits per heavy atom. The van der Waals surface area contributed by atoms with Crippen molar-refractivity contribution in [2.75, 3.05) is 19.7 Å². The molecular formula is C12H15N3O4. The minimum atomic E-state index is -0.913. The van der Waals surface area contributed by atoms with E-state index < -0.39 is 11.7 Å². The maximum Gasteiger partial charge on any atom is 0.407 e. The summed E-state index contributed by atoms with van der Waals surface area (Å²) in [5, 5.41) is 8.98. The van der Waals surface area contributed by atoms with Gasteiger partial charge in [-0.2, -0.15) is 0 Å². The first kappa shape index (κ1) is 12.2. The molecule has 1 spiro atoms. The SMILES string of the molecule is O=C(O)N1CCC2(CC1)OCCn1c2nccc1=O. The number of ether oxygens (including phenoxy) is 1. The Morgan fingerprint density at radius 1 is 1.37 bits per heavy atom. The van der Waals surface area contributed by atoms with Crippen molar-refractivity contribution in [3.63, 3.8) is 0 Å². The zero-order valence-electron chi connectivity index (χ0n) is 10.4. The number of piperidine rings is 1. The van der Waals surface area contributed by atoms with E-state index in [0.717, 1.165) is 0 Å². The molecular weight excluding hydrogens is 250 g/mol. The van der Waals surface area contributed by atoms with Gasteiger partial charge in [-0.25, -0.2) is 9.78 Å². The average Bonchev–Trinajstić information content (AvgIpc) is 2.41. The Labute approximate surface area is 109 Å². The first-order valence-corrected chi connectivity index (χ1v) is 6.31. The van der Waals surface area contributed by atoms with E-state index in [1.165, 1.54) is 17.2 Å². The molecule has 1 fully saturated rings. The van der Waals surface area contributed by atoms with Gasteiger partial charge in [0.25, 0.3) is 5.56 Å². The van der Waals surface area contributed by atoms with Crippen molar-refractivity contribution < 1.29 is 14.6 Å². The third-order valence-corrected chi connectivity index (χ3v) is 3.88. The molecule has 0 radical (unpaired) electrons. The van der Waals surface area contributed by atoms with Crippen molar-refractivity contribution in [2.24, 2.45) is 0 Å². The predicted molar refractivity (Wildman–Crippen MR) is 65.0 cm³/mol. The minimum absolute atomic E-state index is 0.0756. The molecule has 3 rings (SSSR count). The van der Waals surface area contributed by atoms with Gasteiger partial charge in [0.2, 0.25) is 0 Å². The summed E-state index contributed by atoms with van der Waals surface area (Å²) in [5.41, 5.74) is -0.682. The molecule has 0 aromatic carbocycles. The molecule has 1 N–H and O–H groups in total. The Morgan fingerprint density at radius 2 is 2.11 bits per heavy atom. The number of aromatic nitrogens is 2. The van der Waals surface area contributed by atoms with Crippen LogP contribution in [-0.2, 0) is 16.9 Å².